The minimum atomic E-state index is 0.339. The second kappa shape index (κ2) is 4.77. The van der Waals surface area contributed by atoms with E-state index in [2.05, 4.69) is 36.1 Å². The SMILES string of the molecule is CCc1ccc(CN2CC(CO)C2)cc1. The molecule has 1 heterocycles. The second-order valence-corrected chi connectivity index (χ2v) is 4.41. The number of hydrogen-bond donors (Lipinski definition) is 1. The molecule has 1 aliphatic heterocycles. The molecule has 1 N–H and O–H groups in total. The van der Waals surface area contributed by atoms with Gasteiger partial charge in [-0.3, -0.25) is 4.90 Å². The average molecular weight is 205 g/mol. The van der Waals surface area contributed by atoms with Crippen molar-refractivity contribution in [2.45, 2.75) is 19.9 Å². The quantitative estimate of drug-likeness (QED) is 0.808. The summed E-state index contributed by atoms with van der Waals surface area (Å²) in [6.07, 6.45) is 1.11. The highest BCUT2D eigenvalue weighted by atomic mass is 16.3. The molecule has 1 saturated heterocycles. The first-order valence-corrected chi connectivity index (χ1v) is 5.73. The zero-order valence-electron chi connectivity index (χ0n) is 9.32. The van der Waals surface area contributed by atoms with E-state index in [1.165, 1.54) is 11.1 Å². The van der Waals surface area contributed by atoms with E-state index in [4.69, 9.17) is 5.11 Å². The Morgan fingerprint density at radius 3 is 2.33 bits per heavy atom. The van der Waals surface area contributed by atoms with Crippen LogP contribution in [0, 0.1) is 5.92 Å². The number of aliphatic hydroxyl groups excluding tert-OH is 1. The normalized spacial score (nSPS) is 17.7. The van der Waals surface area contributed by atoms with E-state index < -0.39 is 0 Å². The fourth-order valence-electron chi connectivity index (χ4n) is 2.06. The molecule has 1 fully saturated rings. The molecule has 0 atom stereocenters. The van der Waals surface area contributed by atoms with Gasteiger partial charge in [0.2, 0.25) is 0 Å². The first kappa shape index (κ1) is 10.7. The third kappa shape index (κ3) is 2.58. The van der Waals surface area contributed by atoms with E-state index in [1.807, 2.05) is 0 Å². The van der Waals surface area contributed by atoms with Gasteiger partial charge in [-0.1, -0.05) is 31.2 Å². The maximum absolute atomic E-state index is 8.91. The van der Waals surface area contributed by atoms with Crippen LogP contribution in [0.4, 0.5) is 0 Å². The number of rotatable bonds is 4. The van der Waals surface area contributed by atoms with Crippen molar-refractivity contribution >= 4 is 0 Å². The van der Waals surface area contributed by atoms with Gasteiger partial charge in [0, 0.05) is 32.2 Å². The number of aryl methyl sites for hydroxylation is 1. The fraction of sp³-hybridized carbons (Fsp3) is 0.538. The Morgan fingerprint density at radius 1 is 1.20 bits per heavy atom. The third-order valence-corrected chi connectivity index (χ3v) is 3.13. The van der Waals surface area contributed by atoms with Crippen LogP contribution in [0.1, 0.15) is 18.1 Å². The fourth-order valence-corrected chi connectivity index (χ4v) is 2.06. The van der Waals surface area contributed by atoms with Gasteiger partial charge in [0.25, 0.3) is 0 Å². The van der Waals surface area contributed by atoms with Crippen molar-refractivity contribution in [2.75, 3.05) is 19.7 Å². The summed E-state index contributed by atoms with van der Waals surface area (Å²) in [6.45, 7) is 5.64. The van der Waals surface area contributed by atoms with Gasteiger partial charge < -0.3 is 5.11 Å². The molecule has 0 aromatic heterocycles. The zero-order chi connectivity index (χ0) is 10.7. The van der Waals surface area contributed by atoms with E-state index in [9.17, 15) is 0 Å². The molecule has 1 aromatic rings. The Balaban J connectivity index is 1.84. The number of benzene rings is 1. The topological polar surface area (TPSA) is 23.5 Å². The van der Waals surface area contributed by atoms with Gasteiger partial charge in [0.1, 0.15) is 0 Å². The Kier molecular flexibility index (Phi) is 3.39. The molecule has 0 saturated carbocycles. The summed E-state index contributed by atoms with van der Waals surface area (Å²) in [6, 6.07) is 8.84. The van der Waals surface area contributed by atoms with Gasteiger partial charge in [0.15, 0.2) is 0 Å². The van der Waals surface area contributed by atoms with Crippen LogP contribution in [0.2, 0.25) is 0 Å². The molecule has 82 valence electrons. The lowest BCUT2D eigenvalue weighted by Crippen LogP contribution is -2.47. The average Bonchev–Trinajstić information content (AvgIpc) is 2.23. The van der Waals surface area contributed by atoms with E-state index in [0.29, 0.717) is 12.5 Å². The molecule has 2 nitrogen and oxygen atoms in total. The standard InChI is InChI=1S/C13H19NO/c1-2-11-3-5-12(6-4-11)7-14-8-13(9-14)10-15/h3-6,13,15H,2,7-10H2,1H3. The van der Waals surface area contributed by atoms with Crippen LogP contribution in [-0.4, -0.2) is 29.7 Å². The molecular formula is C13H19NO. The van der Waals surface area contributed by atoms with Crippen LogP contribution in [0.5, 0.6) is 0 Å². The Labute approximate surface area is 91.5 Å². The van der Waals surface area contributed by atoms with Crippen LogP contribution >= 0.6 is 0 Å². The molecule has 1 aromatic carbocycles. The van der Waals surface area contributed by atoms with E-state index >= 15 is 0 Å². The van der Waals surface area contributed by atoms with Crippen LogP contribution in [0.25, 0.3) is 0 Å². The molecule has 0 radical (unpaired) electrons. The number of likely N-dealkylation sites (tertiary alicyclic amines) is 1. The number of aliphatic hydroxyl groups is 1. The largest absolute Gasteiger partial charge is 0.396 e. The van der Waals surface area contributed by atoms with Crippen molar-refractivity contribution in [1.29, 1.82) is 0 Å². The third-order valence-electron chi connectivity index (χ3n) is 3.13. The van der Waals surface area contributed by atoms with Gasteiger partial charge in [-0.25, -0.2) is 0 Å². The summed E-state index contributed by atoms with van der Waals surface area (Å²) in [5, 5.41) is 8.91. The Hall–Kier alpha value is -0.860. The second-order valence-electron chi connectivity index (χ2n) is 4.41. The lowest BCUT2D eigenvalue weighted by Gasteiger charge is -2.38. The molecule has 2 rings (SSSR count). The predicted octanol–water partition coefficient (Wildman–Crippen LogP) is 1.67. The molecular weight excluding hydrogens is 186 g/mol. The molecule has 2 heteroatoms. The predicted molar refractivity (Wildman–Crippen MR) is 61.7 cm³/mol. The van der Waals surface area contributed by atoms with Crippen molar-refractivity contribution in [3.8, 4) is 0 Å². The first-order chi connectivity index (χ1) is 7.31. The zero-order valence-corrected chi connectivity index (χ0v) is 9.32. The summed E-state index contributed by atoms with van der Waals surface area (Å²) in [7, 11) is 0. The highest BCUT2D eigenvalue weighted by Crippen LogP contribution is 2.18. The van der Waals surface area contributed by atoms with Crippen molar-refractivity contribution in [1.82, 2.24) is 4.90 Å². The van der Waals surface area contributed by atoms with E-state index in [0.717, 1.165) is 26.1 Å². The van der Waals surface area contributed by atoms with Crippen LogP contribution < -0.4 is 0 Å². The van der Waals surface area contributed by atoms with Crippen molar-refractivity contribution in [2.24, 2.45) is 5.92 Å². The highest BCUT2D eigenvalue weighted by molar-refractivity contribution is 5.22. The lowest BCUT2D eigenvalue weighted by molar-refractivity contribution is 0.0479. The molecule has 15 heavy (non-hydrogen) atoms. The molecule has 1 aliphatic rings. The molecule has 0 spiro atoms. The van der Waals surface area contributed by atoms with Crippen molar-refractivity contribution in [3.05, 3.63) is 35.4 Å². The van der Waals surface area contributed by atoms with E-state index in [1.54, 1.807) is 0 Å². The van der Waals surface area contributed by atoms with Crippen molar-refractivity contribution < 1.29 is 5.11 Å². The lowest BCUT2D eigenvalue weighted by atomic mass is 10.00. The summed E-state index contributed by atoms with van der Waals surface area (Å²) in [5.41, 5.74) is 2.78. The number of hydrogen-bond acceptors (Lipinski definition) is 2. The van der Waals surface area contributed by atoms with Gasteiger partial charge in [-0.2, -0.15) is 0 Å². The van der Waals surface area contributed by atoms with Gasteiger partial charge >= 0.3 is 0 Å². The van der Waals surface area contributed by atoms with E-state index in [-0.39, 0.29) is 0 Å². The molecule has 0 bridgehead atoms. The maximum Gasteiger partial charge on any atom is 0.0483 e. The molecule has 0 aliphatic carbocycles. The Bertz CT molecular complexity index is 301. The van der Waals surface area contributed by atoms with Crippen LogP contribution in [0.3, 0.4) is 0 Å². The molecule has 0 amide bonds. The van der Waals surface area contributed by atoms with Crippen LogP contribution in [0.15, 0.2) is 24.3 Å². The number of nitrogens with zero attached hydrogens (tertiary/aromatic N) is 1. The summed E-state index contributed by atoms with van der Waals surface area (Å²) < 4.78 is 0. The van der Waals surface area contributed by atoms with Gasteiger partial charge in [0.05, 0.1) is 0 Å². The van der Waals surface area contributed by atoms with Crippen LogP contribution in [-0.2, 0) is 13.0 Å². The maximum atomic E-state index is 8.91. The first-order valence-electron chi connectivity index (χ1n) is 5.73. The Morgan fingerprint density at radius 2 is 1.80 bits per heavy atom. The minimum Gasteiger partial charge on any atom is -0.396 e. The highest BCUT2D eigenvalue weighted by Gasteiger charge is 2.25. The summed E-state index contributed by atoms with van der Waals surface area (Å²) in [5.74, 6) is 0.514. The summed E-state index contributed by atoms with van der Waals surface area (Å²) in [4.78, 5) is 2.38. The monoisotopic (exact) mass is 205 g/mol. The molecule has 0 unspecified atom stereocenters. The van der Waals surface area contributed by atoms with Gasteiger partial charge in [-0.05, 0) is 17.5 Å². The van der Waals surface area contributed by atoms with Gasteiger partial charge in [-0.15, -0.1) is 0 Å². The van der Waals surface area contributed by atoms with Crippen molar-refractivity contribution in [3.63, 3.8) is 0 Å². The summed E-state index contributed by atoms with van der Waals surface area (Å²) >= 11 is 0. The smallest absolute Gasteiger partial charge is 0.0483 e. The minimum absolute atomic E-state index is 0.339.